The fourth-order valence-corrected chi connectivity index (χ4v) is 2.11. The number of rotatable bonds is 0. The van der Waals surface area contributed by atoms with Gasteiger partial charge in [-0.1, -0.05) is 0 Å². The predicted octanol–water partition coefficient (Wildman–Crippen LogP) is 0.569. The van der Waals surface area contributed by atoms with Crippen molar-refractivity contribution in [3.8, 4) is 415 Å². The van der Waals surface area contributed by atoms with Gasteiger partial charge in [-0.25, -0.2) is 5.92 Å². The maximum Gasteiger partial charge on any atom is 0 e. The van der Waals surface area contributed by atoms with E-state index in [4.69, 9.17) is 6.42 Å². The van der Waals surface area contributed by atoms with Gasteiger partial charge >= 0.3 is 0 Å². The van der Waals surface area contributed by atoms with E-state index in [1.165, 1.54) is 0 Å². The van der Waals surface area contributed by atoms with E-state index >= 15 is 0 Å². The third-order valence-corrected chi connectivity index (χ3v) is 4.29. The summed E-state index contributed by atoms with van der Waals surface area (Å²) in [5.74, 6) is 171. The number of hydrogen-bond donors (Lipinski definition) is 0. The summed E-state index contributed by atoms with van der Waals surface area (Å²) in [5.41, 5.74) is 0. The monoisotopic (exact) mass is 855 g/mol. The Morgan fingerprint density at radius 1 is 0.113 bits per heavy atom. The smallest absolute Gasteiger partial charge is 0 e. The van der Waals surface area contributed by atoms with Crippen molar-refractivity contribution in [3.05, 3.63) is 6.92 Å². The van der Waals surface area contributed by atoms with Crippen LogP contribution in [0.25, 0.3) is 0 Å². The van der Waals surface area contributed by atoms with Gasteiger partial charge in [-0.2, -0.15) is 6.92 Å². The standard InChI is InChI=1S/C71H3/c1-3-5-7-9-11-13-15-17-19-21-23-25-27-29-31-33-35-37-39-41-43-45-47-49-51-53-55-57-59-61-63-65-67-69-71-70-68-66-64-62-60-58-56-54-52-50-48-46-44-42-40-38-36-34-32-30-28-26-24-22-20-18-16-14-12-10-8-6-4-2/h1H,2H2/q-1. The van der Waals surface area contributed by atoms with Crippen molar-refractivity contribution >= 4 is 0 Å². The molecule has 0 aliphatic carbocycles. The van der Waals surface area contributed by atoms with Crippen molar-refractivity contribution in [2.24, 2.45) is 0 Å². The van der Waals surface area contributed by atoms with E-state index < -0.39 is 0 Å². The Balaban J connectivity index is 4.60. The van der Waals surface area contributed by atoms with Crippen LogP contribution < -0.4 is 0 Å². The highest BCUT2D eigenvalue weighted by Crippen LogP contribution is 1.64. The third-order valence-electron chi connectivity index (χ3n) is 4.29. The van der Waals surface area contributed by atoms with Gasteiger partial charge in [0.05, 0.1) is 0 Å². The molecule has 0 N–H and O–H groups in total. The molecule has 0 heteroatoms. The minimum absolute atomic E-state index is 2.12. The molecule has 0 rings (SSSR count). The van der Waals surface area contributed by atoms with Crippen LogP contribution in [0.15, 0.2) is 0 Å². The highest BCUT2D eigenvalue weighted by Gasteiger charge is 1.64. The van der Waals surface area contributed by atoms with Gasteiger partial charge in [-0.3, -0.25) is 5.92 Å². The second kappa shape index (κ2) is 54.5. The molecule has 0 aliphatic rings. The topological polar surface area (TPSA) is 0 Å². The first-order valence-electron chi connectivity index (χ1n) is 17.6. The summed E-state index contributed by atoms with van der Waals surface area (Å²) in [4.78, 5) is 0. The van der Waals surface area contributed by atoms with Crippen molar-refractivity contribution < 1.29 is 0 Å². The molecule has 0 aromatic rings. The molecule has 0 fully saturated rings. The lowest BCUT2D eigenvalue weighted by atomic mass is 10.4. The summed E-state index contributed by atoms with van der Waals surface area (Å²) in [6.45, 7) is 3.32. The molecule has 0 aliphatic heterocycles. The molecule has 0 bridgehead atoms. The van der Waals surface area contributed by atoms with Crippen molar-refractivity contribution in [2.75, 3.05) is 0 Å². The van der Waals surface area contributed by atoms with Crippen LogP contribution in [0.4, 0.5) is 0 Å². The Morgan fingerprint density at radius 2 is 0.183 bits per heavy atom. The van der Waals surface area contributed by atoms with Crippen LogP contribution in [0, 0.1) is 422 Å². The van der Waals surface area contributed by atoms with Gasteiger partial charge < -0.3 is 0 Å². The second-order valence-electron chi connectivity index (χ2n) is 8.70. The van der Waals surface area contributed by atoms with E-state index in [1.807, 2.05) is 0 Å². The van der Waals surface area contributed by atoms with Crippen LogP contribution >= 0.6 is 0 Å². The van der Waals surface area contributed by atoms with Gasteiger partial charge in [0.1, 0.15) is 0 Å². The molecule has 0 saturated carbocycles. The van der Waals surface area contributed by atoms with Crippen LogP contribution in [-0.2, 0) is 0 Å². The molecule has 71 heavy (non-hydrogen) atoms. The summed E-state index contributed by atoms with van der Waals surface area (Å²) >= 11 is 0. The molecule has 0 radical (unpaired) electrons. The van der Waals surface area contributed by atoms with Crippen LogP contribution in [0.5, 0.6) is 0 Å². The average molecular weight is 856 g/mol. The van der Waals surface area contributed by atoms with Crippen molar-refractivity contribution in [2.45, 2.75) is 0 Å². The minimum Gasteiger partial charge on any atom is -0.284 e. The van der Waals surface area contributed by atoms with Crippen LogP contribution in [0.3, 0.4) is 0 Å². The third kappa shape index (κ3) is 54.5. The first kappa shape index (κ1) is 55.5. The molecule has 0 spiro atoms. The van der Waals surface area contributed by atoms with E-state index in [2.05, 4.69) is 415 Å². The fourth-order valence-electron chi connectivity index (χ4n) is 2.11. The highest BCUT2D eigenvalue weighted by atomic mass is 13.7. The lowest BCUT2D eigenvalue weighted by molar-refractivity contribution is 2.31. The van der Waals surface area contributed by atoms with Gasteiger partial charge in [0.25, 0.3) is 0 Å². The fraction of sp³-hybridized carbons (Fsp3) is 0. The quantitative estimate of drug-likeness (QED) is 0.248. The molecule has 0 saturated heterocycles. The van der Waals surface area contributed by atoms with Crippen molar-refractivity contribution in [3.63, 3.8) is 0 Å². The zero-order valence-electron chi connectivity index (χ0n) is 35.8. The summed E-state index contributed by atoms with van der Waals surface area (Å²) < 4.78 is 0. The van der Waals surface area contributed by atoms with E-state index in [9.17, 15) is 0 Å². The number of terminal acetylenes is 1. The summed E-state index contributed by atoms with van der Waals surface area (Å²) in [6, 6.07) is 0. The molecule has 0 atom stereocenters. The highest BCUT2D eigenvalue weighted by molar-refractivity contribution is 5.53. The first-order chi connectivity index (χ1) is 35.4. The minimum atomic E-state index is 2.12. The predicted molar refractivity (Wildman–Crippen MR) is 279 cm³/mol. The first-order valence-corrected chi connectivity index (χ1v) is 17.6. The molecule has 288 valence electrons. The van der Waals surface area contributed by atoms with E-state index in [1.54, 1.807) is 0 Å². The zero-order valence-corrected chi connectivity index (χ0v) is 35.8. The van der Waals surface area contributed by atoms with Gasteiger partial charge in [-0.05, 0) is 94.7 Å². The van der Waals surface area contributed by atoms with Crippen LogP contribution in [0.2, 0.25) is 0 Å². The largest absolute Gasteiger partial charge is 0.284 e. The molecule has 0 aromatic heterocycles. The molecular formula is C71H3-. The maximum absolute atomic E-state index is 4.95. The van der Waals surface area contributed by atoms with Gasteiger partial charge in [0, 0.05) is 296 Å². The molecule has 0 aromatic carbocycles. The lowest BCUT2D eigenvalue weighted by Crippen LogP contribution is -1.57. The molecule has 0 amide bonds. The molecule has 0 heterocycles. The van der Waals surface area contributed by atoms with Crippen LogP contribution in [0.1, 0.15) is 0 Å². The SMILES string of the molecule is C#CC#CC#CC#CC#CC#CC#CC#CC#CC#CC#CC#CC#CC#CC#CC#CC#CC#CC#CC#CC#CC#CC#CC#CC#CC#CC#CC#CC#CC#CC#CC#CC#CC#CC#C[CH2-]. The Morgan fingerprint density at radius 3 is 0.254 bits per heavy atom. The number of hydrogen-bond acceptors (Lipinski definition) is 0. The zero-order chi connectivity index (χ0) is 50.8. The van der Waals surface area contributed by atoms with E-state index in [0.29, 0.717) is 0 Å². The van der Waals surface area contributed by atoms with Crippen LogP contribution in [-0.4, -0.2) is 0 Å². The summed E-state index contributed by atoms with van der Waals surface area (Å²) in [5, 5.41) is 0. The normalized spacial score (nSPS) is 3.93. The average Bonchev–Trinajstić information content (AvgIpc) is 3.38. The Labute approximate surface area is 419 Å². The van der Waals surface area contributed by atoms with Gasteiger partial charge in [-0.15, -0.1) is 12.3 Å². The maximum atomic E-state index is 4.95. The molecular weight excluding hydrogens is 853 g/mol. The van der Waals surface area contributed by atoms with Crippen molar-refractivity contribution in [1.82, 2.24) is 0 Å². The Kier molecular flexibility index (Phi) is 42.6. The second-order valence-corrected chi connectivity index (χ2v) is 8.70. The van der Waals surface area contributed by atoms with E-state index in [0.717, 1.165) is 0 Å². The Bertz CT molecular complexity index is 4680. The van der Waals surface area contributed by atoms with E-state index in [-0.39, 0.29) is 0 Å². The van der Waals surface area contributed by atoms with Crippen molar-refractivity contribution in [1.29, 1.82) is 0 Å². The summed E-state index contributed by atoms with van der Waals surface area (Å²) in [7, 11) is 0. The lowest BCUT2D eigenvalue weighted by Gasteiger charge is -1.64. The summed E-state index contributed by atoms with van der Waals surface area (Å²) in [6.07, 6.45) is 4.95. The Hall–Kier alpha value is -15.5. The van der Waals surface area contributed by atoms with Gasteiger partial charge in [0.2, 0.25) is 0 Å². The molecule has 0 unspecified atom stereocenters. The molecule has 0 nitrogen and oxygen atoms in total. The van der Waals surface area contributed by atoms with Gasteiger partial charge in [0.15, 0.2) is 0 Å².